The molecule has 0 unspecified atom stereocenters. The molecule has 0 bridgehead atoms. The van der Waals surface area contributed by atoms with Crippen LogP contribution in [0.5, 0.6) is 0 Å². The molecule has 20 heavy (non-hydrogen) atoms. The van der Waals surface area contributed by atoms with E-state index in [9.17, 15) is 9.59 Å². The lowest BCUT2D eigenvalue weighted by molar-refractivity contribution is -0.109. The summed E-state index contributed by atoms with van der Waals surface area (Å²) in [4.78, 5) is 21.9. The van der Waals surface area contributed by atoms with Crippen LogP contribution in [0.3, 0.4) is 0 Å². The Labute approximate surface area is 116 Å². The minimum atomic E-state index is -0.116. The second-order valence-electron chi connectivity index (χ2n) is 4.25. The maximum absolute atomic E-state index is 11.9. The van der Waals surface area contributed by atoms with Gasteiger partial charge >= 0.3 is 0 Å². The van der Waals surface area contributed by atoms with Gasteiger partial charge in [0.1, 0.15) is 0 Å². The number of benzene rings is 1. The molecular formula is C14H16N4O2. The molecule has 2 amide bonds. The molecule has 0 aliphatic carbocycles. The number of H-pyrrole nitrogens is 1. The van der Waals surface area contributed by atoms with Crippen molar-refractivity contribution >= 4 is 12.3 Å². The van der Waals surface area contributed by atoms with Crippen LogP contribution in [0.2, 0.25) is 0 Å². The van der Waals surface area contributed by atoms with Gasteiger partial charge in [-0.25, -0.2) is 0 Å². The van der Waals surface area contributed by atoms with Gasteiger partial charge in [-0.15, -0.1) is 0 Å². The smallest absolute Gasteiger partial charge is 0.251 e. The highest BCUT2D eigenvalue weighted by atomic mass is 16.1. The number of carbonyl (C=O) groups excluding carboxylic acids is 2. The van der Waals surface area contributed by atoms with Crippen molar-refractivity contribution < 1.29 is 9.59 Å². The Morgan fingerprint density at radius 2 is 2.00 bits per heavy atom. The number of carbonyl (C=O) groups is 2. The first kappa shape index (κ1) is 13.8. The van der Waals surface area contributed by atoms with E-state index in [1.54, 1.807) is 24.5 Å². The highest BCUT2D eigenvalue weighted by molar-refractivity contribution is 5.94. The molecule has 104 valence electrons. The van der Waals surface area contributed by atoms with Crippen LogP contribution in [-0.4, -0.2) is 35.6 Å². The molecule has 2 rings (SSSR count). The predicted octanol–water partition coefficient (Wildman–Crippen LogP) is 0.943. The van der Waals surface area contributed by atoms with E-state index in [2.05, 4.69) is 20.8 Å². The Morgan fingerprint density at radius 1 is 1.20 bits per heavy atom. The molecule has 6 heteroatoms. The Morgan fingerprint density at radius 3 is 2.65 bits per heavy atom. The van der Waals surface area contributed by atoms with Gasteiger partial charge in [0.25, 0.3) is 5.91 Å². The standard InChI is InChI=1S/C14H16N4O2/c19-10-15-6-1-7-16-14(20)12-4-2-11(3-5-12)13-8-17-18-9-13/h2-5,8-10H,1,6-7H2,(H,15,19)(H,16,20)(H,17,18). The molecule has 0 spiro atoms. The highest BCUT2D eigenvalue weighted by Crippen LogP contribution is 2.17. The van der Waals surface area contributed by atoms with Crippen LogP contribution >= 0.6 is 0 Å². The van der Waals surface area contributed by atoms with Crippen molar-refractivity contribution in [2.24, 2.45) is 0 Å². The summed E-state index contributed by atoms with van der Waals surface area (Å²) in [6.07, 6.45) is 4.89. The molecule has 0 aliphatic rings. The lowest BCUT2D eigenvalue weighted by Crippen LogP contribution is -2.26. The van der Waals surface area contributed by atoms with Crippen molar-refractivity contribution in [1.82, 2.24) is 20.8 Å². The Hall–Kier alpha value is -2.63. The van der Waals surface area contributed by atoms with Gasteiger partial charge in [0.05, 0.1) is 6.20 Å². The number of rotatable bonds is 7. The Bertz CT molecular complexity index is 549. The van der Waals surface area contributed by atoms with Gasteiger partial charge < -0.3 is 10.6 Å². The fourth-order valence-corrected chi connectivity index (χ4v) is 1.78. The van der Waals surface area contributed by atoms with Gasteiger partial charge in [0, 0.05) is 30.4 Å². The minimum Gasteiger partial charge on any atom is -0.359 e. The van der Waals surface area contributed by atoms with Crippen molar-refractivity contribution in [3.8, 4) is 11.1 Å². The normalized spacial score (nSPS) is 10.0. The number of hydrogen-bond acceptors (Lipinski definition) is 3. The molecular weight excluding hydrogens is 256 g/mol. The summed E-state index contributed by atoms with van der Waals surface area (Å²) < 4.78 is 0. The minimum absolute atomic E-state index is 0.116. The Kier molecular flexibility index (Phi) is 4.88. The zero-order valence-corrected chi connectivity index (χ0v) is 10.9. The average Bonchev–Trinajstić information content (AvgIpc) is 3.01. The summed E-state index contributed by atoms with van der Waals surface area (Å²) in [7, 11) is 0. The summed E-state index contributed by atoms with van der Waals surface area (Å²) in [6.45, 7) is 1.09. The number of hydrogen-bond donors (Lipinski definition) is 3. The molecule has 0 saturated carbocycles. The van der Waals surface area contributed by atoms with Crippen molar-refractivity contribution in [3.63, 3.8) is 0 Å². The topological polar surface area (TPSA) is 86.9 Å². The number of nitrogens with one attached hydrogen (secondary N) is 3. The summed E-state index contributed by atoms with van der Waals surface area (Å²) in [5, 5.41) is 12.0. The first-order valence-electron chi connectivity index (χ1n) is 6.35. The van der Waals surface area contributed by atoms with Crippen LogP contribution < -0.4 is 10.6 Å². The lowest BCUT2D eigenvalue weighted by atomic mass is 10.1. The number of aromatic amines is 1. The van der Waals surface area contributed by atoms with Gasteiger partial charge in [-0.1, -0.05) is 12.1 Å². The van der Waals surface area contributed by atoms with Crippen LogP contribution in [0.4, 0.5) is 0 Å². The van der Waals surface area contributed by atoms with Crippen molar-refractivity contribution in [2.75, 3.05) is 13.1 Å². The van der Waals surface area contributed by atoms with E-state index in [4.69, 9.17) is 0 Å². The van der Waals surface area contributed by atoms with Gasteiger partial charge in [0.2, 0.25) is 6.41 Å². The second kappa shape index (κ2) is 7.08. The van der Waals surface area contributed by atoms with Gasteiger partial charge in [-0.3, -0.25) is 14.7 Å². The number of nitrogens with zero attached hydrogens (tertiary/aromatic N) is 1. The van der Waals surface area contributed by atoms with E-state index in [0.29, 0.717) is 31.5 Å². The Balaban J connectivity index is 1.86. The molecule has 1 aromatic heterocycles. The third-order valence-electron chi connectivity index (χ3n) is 2.85. The molecule has 2 aromatic rings. The molecule has 0 saturated heterocycles. The van der Waals surface area contributed by atoms with E-state index in [1.165, 1.54) is 0 Å². The highest BCUT2D eigenvalue weighted by Gasteiger charge is 2.05. The summed E-state index contributed by atoms with van der Waals surface area (Å²) >= 11 is 0. The van der Waals surface area contributed by atoms with Crippen LogP contribution in [0.1, 0.15) is 16.8 Å². The fourth-order valence-electron chi connectivity index (χ4n) is 1.78. The van der Waals surface area contributed by atoms with E-state index in [0.717, 1.165) is 11.1 Å². The first-order chi connectivity index (χ1) is 9.81. The van der Waals surface area contributed by atoms with Crippen molar-refractivity contribution in [2.45, 2.75) is 6.42 Å². The largest absolute Gasteiger partial charge is 0.359 e. The lowest BCUT2D eigenvalue weighted by Gasteiger charge is -2.05. The van der Waals surface area contributed by atoms with Gasteiger partial charge in [-0.2, -0.15) is 5.10 Å². The second-order valence-corrected chi connectivity index (χ2v) is 4.25. The SMILES string of the molecule is O=CNCCCNC(=O)c1ccc(-c2cn[nH]c2)cc1. The van der Waals surface area contributed by atoms with Gasteiger partial charge in [-0.05, 0) is 24.1 Å². The van der Waals surface area contributed by atoms with Crippen LogP contribution in [0, 0.1) is 0 Å². The maximum Gasteiger partial charge on any atom is 0.251 e. The fraction of sp³-hybridized carbons (Fsp3) is 0.214. The molecule has 0 radical (unpaired) electrons. The van der Waals surface area contributed by atoms with E-state index >= 15 is 0 Å². The zero-order chi connectivity index (χ0) is 14.2. The van der Waals surface area contributed by atoms with E-state index in [-0.39, 0.29) is 5.91 Å². The quantitative estimate of drug-likeness (QED) is 0.518. The van der Waals surface area contributed by atoms with Crippen LogP contribution in [0.25, 0.3) is 11.1 Å². The predicted molar refractivity (Wildman–Crippen MR) is 75.0 cm³/mol. The third kappa shape index (κ3) is 3.68. The third-order valence-corrected chi connectivity index (χ3v) is 2.85. The van der Waals surface area contributed by atoms with E-state index < -0.39 is 0 Å². The molecule has 0 fully saturated rings. The number of aromatic nitrogens is 2. The first-order valence-corrected chi connectivity index (χ1v) is 6.35. The zero-order valence-electron chi connectivity index (χ0n) is 10.9. The van der Waals surface area contributed by atoms with Crippen LogP contribution in [-0.2, 0) is 4.79 Å². The summed E-state index contributed by atoms with van der Waals surface area (Å²) in [5.41, 5.74) is 2.60. The molecule has 3 N–H and O–H groups in total. The molecule has 6 nitrogen and oxygen atoms in total. The summed E-state index contributed by atoms with van der Waals surface area (Å²) in [5.74, 6) is -0.116. The molecule has 1 heterocycles. The molecule has 1 aromatic carbocycles. The van der Waals surface area contributed by atoms with Crippen molar-refractivity contribution in [3.05, 3.63) is 42.2 Å². The monoisotopic (exact) mass is 272 g/mol. The number of amides is 2. The van der Waals surface area contributed by atoms with Crippen molar-refractivity contribution in [1.29, 1.82) is 0 Å². The van der Waals surface area contributed by atoms with Crippen LogP contribution in [0.15, 0.2) is 36.7 Å². The van der Waals surface area contributed by atoms with E-state index in [1.807, 2.05) is 12.1 Å². The maximum atomic E-state index is 11.9. The van der Waals surface area contributed by atoms with Gasteiger partial charge in [0.15, 0.2) is 0 Å². The average molecular weight is 272 g/mol. The molecule has 0 atom stereocenters. The molecule has 0 aliphatic heterocycles. The summed E-state index contributed by atoms with van der Waals surface area (Å²) in [6, 6.07) is 7.32.